The van der Waals surface area contributed by atoms with Gasteiger partial charge in [0.15, 0.2) is 5.78 Å². The van der Waals surface area contributed by atoms with Crippen LogP contribution in [0.3, 0.4) is 0 Å². The number of allylic oxidation sites excluding steroid dienone is 1. The van der Waals surface area contributed by atoms with Gasteiger partial charge in [-0.05, 0) is 19.4 Å². The summed E-state index contributed by atoms with van der Waals surface area (Å²) in [4.78, 5) is 10.6. The van der Waals surface area contributed by atoms with Crippen LogP contribution in [0.5, 0.6) is 0 Å². The molecule has 1 aliphatic rings. The highest BCUT2D eigenvalue weighted by Gasteiger charge is 2.17. The molecule has 1 aliphatic carbocycles. The summed E-state index contributed by atoms with van der Waals surface area (Å²) in [5, 5.41) is 8.87. The Hall–Kier alpha value is -0.630. The molecule has 9 heavy (non-hydrogen) atoms. The number of aliphatic hydroxyl groups excluding tert-OH is 1. The van der Waals surface area contributed by atoms with Crippen LogP contribution in [0.1, 0.15) is 19.8 Å². The summed E-state index contributed by atoms with van der Waals surface area (Å²) < 4.78 is 0. The van der Waals surface area contributed by atoms with E-state index < -0.39 is 6.10 Å². The fraction of sp³-hybridized carbons (Fsp3) is 0.571. The summed E-state index contributed by atoms with van der Waals surface area (Å²) in [7, 11) is 0. The van der Waals surface area contributed by atoms with E-state index in [9.17, 15) is 4.79 Å². The van der Waals surface area contributed by atoms with Crippen LogP contribution in [0, 0.1) is 6.08 Å². The number of aliphatic hydroxyl groups is 1. The highest BCUT2D eigenvalue weighted by molar-refractivity contribution is 5.85. The van der Waals surface area contributed by atoms with Crippen molar-refractivity contribution in [2.24, 2.45) is 0 Å². The predicted octanol–water partition coefficient (Wildman–Crippen LogP) is 0.460. The molecule has 1 unspecified atom stereocenters. The van der Waals surface area contributed by atoms with Gasteiger partial charge in [0.25, 0.3) is 0 Å². The fourth-order valence-electron chi connectivity index (χ4n) is 0.833. The van der Waals surface area contributed by atoms with Gasteiger partial charge in [-0.25, -0.2) is 0 Å². The van der Waals surface area contributed by atoms with Gasteiger partial charge in [-0.15, -0.1) is 0 Å². The number of ketones is 1. The molecule has 0 aromatic heterocycles. The minimum atomic E-state index is -0.946. The van der Waals surface area contributed by atoms with Crippen molar-refractivity contribution in [2.75, 3.05) is 0 Å². The van der Waals surface area contributed by atoms with E-state index in [2.05, 4.69) is 6.08 Å². The Labute approximate surface area is 54.2 Å². The number of carbonyl (C=O) groups is 1. The van der Waals surface area contributed by atoms with Gasteiger partial charge in [-0.1, -0.05) is 5.57 Å². The van der Waals surface area contributed by atoms with Crippen molar-refractivity contribution in [3.8, 4) is 0 Å². The molecular weight excluding hydrogens is 116 g/mol. The van der Waals surface area contributed by atoms with Gasteiger partial charge in [0.2, 0.25) is 0 Å². The molecule has 0 heterocycles. The summed E-state index contributed by atoms with van der Waals surface area (Å²) in [6.45, 7) is 1.87. The maximum absolute atomic E-state index is 10.6. The summed E-state index contributed by atoms with van der Waals surface area (Å²) in [6, 6.07) is 0. The second-order valence-corrected chi connectivity index (χ2v) is 2.29. The lowest BCUT2D eigenvalue weighted by Gasteiger charge is -2.11. The zero-order valence-corrected chi connectivity index (χ0v) is 5.35. The van der Waals surface area contributed by atoms with E-state index in [0.717, 1.165) is 12.0 Å². The standard InChI is InChI=1S/C7H9O2/c1-5-2-3-6(8)7(9)4-5/h7,9H,2-3H2,1H3. The average molecular weight is 125 g/mol. The van der Waals surface area contributed by atoms with Crippen LogP contribution >= 0.6 is 0 Å². The quantitative estimate of drug-likeness (QED) is 0.510. The minimum Gasteiger partial charge on any atom is -0.381 e. The minimum absolute atomic E-state index is 0.111. The van der Waals surface area contributed by atoms with Gasteiger partial charge in [-0.3, -0.25) is 4.79 Å². The molecule has 1 atom stereocenters. The van der Waals surface area contributed by atoms with Crippen molar-refractivity contribution in [3.05, 3.63) is 11.6 Å². The molecule has 49 valence electrons. The third kappa shape index (κ3) is 1.39. The Morgan fingerprint density at radius 1 is 1.67 bits per heavy atom. The first kappa shape index (κ1) is 6.49. The van der Waals surface area contributed by atoms with E-state index in [1.807, 2.05) is 6.92 Å². The molecule has 0 saturated carbocycles. The average Bonchev–Trinajstić information content (AvgIpc) is 1.80. The fourth-order valence-corrected chi connectivity index (χ4v) is 0.833. The largest absolute Gasteiger partial charge is 0.381 e. The number of hydrogen-bond donors (Lipinski definition) is 1. The van der Waals surface area contributed by atoms with Crippen LogP contribution in [0.25, 0.3) is 0 Å². The second kappa shape index (κ2) is 2.31. The molecule has 0 aliphatic heterocycles. The normalized spacial score (nSPS) is 28.0. The first-order valence-electron chi connectivity index (χ1n) is 3.00. The van der Waals surface area contributed by atoms with E-state index >= 15 is 0 Å². The van der Waals surface area contributed by atoms with Gasteiger partial charge < -0.3 is 5.11 Å². The molecule has 0 amide bonds. The number of hydrogen-bond acceptors (Lipinski definition) is 2. The Balaban J connectivity index is 2.69. The van der Waals surface area contributed by atoms with Gasteiger partial charge in [0.1, 0.15) is 6.10 Å². The van der Waals surface area contributed by atoms with Gasteiger partial charge in [-0.2, -0.15) is 0 Å². The van der Waals surface area contributed by atoms with Crippen LogP contribution in [-0.2, 0) is 4.79 Å². The topological polar surface area (TPSA) is 37.3 Å². The van der Waals surface area contributed by atoms with E-state index in [0.29, 0.717) is 6.42 Å². The summed E-state index contributed by atoms with van der Waals surface area (Å²) in [6.07, 6.45) is 2.94. The Bertz CT molecular complexity index is 158. The van der Waals surface area contributed by atoms with E-state index in [-0.39, 0.29) is 5.78 Å². The zero-order chi connectivity index (χ0) is 6.85. The first-order valence-corrected chi connectivity index (χ1v) is 3.00. The molecule has 0 saturated heterocycles. The highest BCUT2D eigenvalue weighted by atomic mass is 16.3. The van der Waals surface area contributed by atoms with Crippen LogP contribution in [0.2, 0.25) is 0 Å². The molecule has 0 spiro atoms. The molecule has 1 radical (unpaired) electrons. The highest BCUT2D eigenvalue weighted by Crippen LogP contribution is 2.12. The molecule has 0 aromatic carbocycles. The van der Waals surface area contributed by atoms with Crippen LogP contribution in [0.15, 0.2) is 5.57 Å². The van der Waals surface area contributed by atoms with Crippen LogP contribution in [0.4, 0.5) is 0 Å². The van der Waals surface area contributed by atoms with Crippen molar-refractivity contribution in [1.82, 2.24) is 0 Å². The number of Topliss-reactive ketones (excluding diaryl/α,β-unsaturated/α-hetero) is 1. The predicted molar refractivity (Wildman–Crippen MR) is 32.7 cm³/mol. The first-order chi connectivity index (χ1) is 4.20. The summed E-state index contributed by atoms with van der Waals surface area (Å²) >= 11 is 0. The third-order valence-corrected chi connectivity index (χ3v) is 1.43. The zero-order valence-electron chi connectivity index (χ0n) is 5.35. The Morgan fingerprint density at radius 2 is 2.33 bits per heavy atom. The van der Waals surface area contributed by atoms with Gasteiger partial charge in [0.05, 0.1) is 0 Å². The maximum Gasteiger partial charge on any atom is 0.166 e. The molecule has 1 rings (SSSR count). The molecule has 2 nitrogen and oxygen atoms in total. The Morgan fingerprint density at radius 3 is 2.78 bits per heavy atom. The lowest BCUT2D eigenvalue weighted by atomic mass is 9.98. The lowest BCUT2D eigenvalue weighted by Crippen LogP contribution is -2.21. The summed E-state index contributed by atoms with van der Waals surface area (Å²) in [5.41, 5.74) is 0.988. The SMILES string of the molecule is CC1=[C]C(O)C(=O)CC1. The van der Waals surface area contributed by atoms with Crippen molar-refractivity contribution in [2.45, 2.75) is 25.9 Å². The number of rotatable bonds is 0. The van der Waals surface area contributed by atoms with Crippen LogP contribution < -0.4 is 0 Å². The molecule has 2 heteroatoms. The molecule has 1 N–H and O–H groups in total. The van der Waals surface area contributed by atoms with E-state index in [1.165, 1.54) is 0 Å². The van der Waals surface area contributed by atoms with Crippen molar-refractivity contribution >= 4 is 5.78 Å². The third-order valence-electron chi connectivity index (χ3n) is 1.43. The lowest BCUT2D eigenvalue weighted by molar-refractivity contribution is -0.125. The molecule has 0 bridgehead atoms. The second-order valence-electron chi connectivity index (χ2n) is 2.29. The van der Waals surface area contributed by atoms with E-state index in [1.54, 1.807) is 0 Å². The van der Waals surface area contributed by atoms with Crippen molar-refractivity contribution < 1.29 is 9.90 Å². The molecular formula is C7H9O2. The van der Waals surface area contributed by atoms with Crippen molar-refractivity contribution in [1.29, 1.82) is 0 Å². The maximum atomic E-state index is 10.6. The summed E-state index contributed by atoms with van der Waals surface area (Å²) in [5.74, 6) is -0.111. The molecule has 0 fully saturated rings. The monoisotopic (exact) mass is 125 g/mol. The van der Waals surface area contributed by atoms with Crippen LogP contribution in [-0.4, -0.2) is 17.0 Å². The molecule has 0 aromatic rings. The number of carbonyl (C=O) groups excluding carboxylic acids is 1. The smallest absolute Gasteiger partial charge is 0.166 e. The van der Waals surface area contributed by atoms with Gasteiger partial charge in [0, 0.05) is 6.42 Å². The Kier molecular flexibility index (Phi) is 1.67. The van der Waals surface area contributed by atoms with Gasteiger partial charge >= 0.3 is 0 Å². The van der Waals surface area contributed by atoms with Crippen molar-refractivity contribution in [3.63, 3.8) is 0 Å². The van der Waals surface area contributed by atoms with E-state index in [4.69, 9.17) is 5.11 Å².